The lowest BCUT2D eigenvalue weighted by atomic mass is 9.85. The molecule has 18 heavy (non-hydrogen) atoms. The highest BCUT2D eigenvalue weighted by Crippen LogP contribution is 2.37. The third-order valence-electron chi connectivity index (χ3n) is 4.13. The monoisotopic (exact) mass is 273 g/mol. The van der Waals surface area contributed by atoms with Gasteiger partial charge in [0.15, 0.2) is 0 Å². The van der Waals surface area contributed by atoms with Crippen molar-refractivity contribution in [1.29, 1.82) is 0 Å². The second-order valence-corrected chi connectivity index (χ2v) is 7.00. The van der Waals surface area contributed by atoms with E-state index in [1.54, 1.807) is 0 Å². The van der Waals surface area contributed by atoms with E-state index in [1.165, 1.54) is 30.8 Å². The zero-order valence-corrected chi connectivity index (χ0v) is 12.3. The number of aliphatic hydroxyl groups is 1. The van der Waals surface area contributed by atoms with Crippen LogP contribution in [0.5, 0.6) is 0 Å². The standard InChI is InChI=1S/C14H27NO2S/c1-12(16)3-2-7-15-13-4-8-17-14(11-13)5-9-18-10-6-14/h12-13,15-16H,2-11H2,1H3. The smallest absolute Gasteiger partial charge is 0.0713 e. The summed E-state index contributed by atoms with van der Waals surface area (Å²) in [5.41, 5.74) is 0.186. The Morgan fingerprint density at radius 3 is 2.94 bits per heavy atom. The molecule has 0 radical (unpaired) electrons. The number of aliphatic hydroxyl groups excluding tert-OH is 1. The van der Waals surface area contributed by atoms with Gasteiger partial charge in [0.25, 0.3) is 0 Å². The lowest BCUT2D eigenvalue weighted by molar-refractivity contribution is -0.0931. The fourth-order valence-electron chi connectivity index (χ4n) is 3.00. The topological polar surface area (TPSA) is 41.5 Å². The second-order valence-electron chi connectivity index (χ2n) is 5.78. The summed E-state index contributed by atoms with van der Waals surface area (Å²) in [6.45, 7) is 3.81. The van der Waals surface area contributed by atoms with Gasteiger partial charge >= 0.3 is 0 Å². The van der Waals surface area contributed by atoms with Crippen molar-refractivity contribution in [2.75, 3.05) is 24.7 Å². The quantitative estimate of drug-likeness (QED) is 0.753. The summed E-state index contributed by atoms with van der Waals surface area (Å²) in [6, 6.07) is 0.621. The fourth-order valence-corrected chi connectivity index (χ4v) is 4.23. The van der Waals surface area contributed by atoms with Crippen LogP contribution in [0.25, 0.3) is 0 Å². The maximum absolute atomic E-state index is 9.24. The highest BCUT2D eigenvalue weighted by atomic mass is 32.2. The van der Waals surface area contributed by atoms with Gasteiger partial charge in [0, 0.05) is 12.6 Å². The first-order valence-electron chi connectivity index (χ1n) is 7.33. The fraction of sp³-hybridized carbons (Fsp3) is 1.00. The van der Waals surface area contributed by atoms with Crippen molar-refractivity contribution in [3.05, 3.63) is 0 Å². The van der Waals surface area contributed by atoms with E-state index in [0.29, 0.717) is 6.04 Å². The van der Waals surface area contributed by atoms with Crippen LogP contribution in [0.1, 0.15) is 45.4 Å². The molecule has 0 aromatic carbocycles. The third kappa shape index (κ3) is 4.41. The zero-order valence-electron chi connectivity index (χ0n) is 11.5. The van der Waals surface area contributed by atoms with Crippen molar-refractivity contribution < 1.29 is 9.84 Å². The highest BCUT2D eigenvalue weighted by molar-refractivity contribution is 7.99. The molecule has 0 bridgehead atoms. The van der Waals surface area contributed by atoms with E-state index >= 15 is 0 Å². The minimum Gasteiger partial charge on any atom is -0.393 e. The molecule has 2 aliphatic heterocycles. The Bertz CT molecular complexity index is 236. The van der Waals surface area contributed by atoms with Gasteiger partial charge in [-0.3, -0.25) is 0 Å². The van der Waals surface area contributed by atoms with E-state index < -0.39 is 0 Å². The molecule has 0 aliphatic carbocycles. The SMILES string of the molecule is CC(O)CCCNC1CCOC2(CCSCC2)C1. The molecule has 2 fully saturated rings. The lowest BCUT2D eigenvalue weighted by Crippen LogP contribution is -2.49. The Labute approximate surface area is 115 Å². The molecule has 4 heteroatoms. The van der Waals surface area contributed by atoms with Crippen LogP contribution in [0.4, 0.5) is 0 Å². The first-order valence-corrected chi connectivity index (χ1v) is 8.49. The van der Waals surface area contributed by atoms with Gasteiger partial charge in [-0.2, -0.15) is 11.8 Å². The summed E-state index contributed by atoms with van der Waals surface area (Å²) in [6.07, 6.45) is 6.58. The van der Waals surface area contributed by atoms with Crippen molar-refractivity contribution in [3.8, 4) is 0 Å². The van der Waals surface area contributed by atoms with Gasteiger partial charge in [-0.15, -0.1) is 0 Å². The van der Waals surface area contributed by atoms with Gasteiger partial charge in [0.2, 0.25) is 0 Å². The van der Waals surface area contributed by atoms with Crippen LogP contribution in [-0.4, -0.2) is 47.5 Å². The number of nitrogens with one attached hydrogen (secondary N) is 1. The molecule has 2 aliphatic rings. The van der Waals surface area contributed by atoms with E-state index in [2.05, 4.69) is 17.1 Å². The van der Waals surface area contributed by atoms with E-state index in [4.69, 9.17) is 4.74 Å². The van der Waals surface area contributed by atoms with E-state index in [0.717, 1.165) is 32.4 Å². The second kappa shape index (κ2) is 7.13. The Morgan fingerprint density at radius 1 is 1.44 bits per heavy atom. The molecule has 2 unspecified atom stereocenters. The summed E-state index contributed by atoms with van der Waals surface area (Å²) >= 11 is 2.06. The summed E-state index contributed by atoms with van der Waals surface area (Å²) in [4.78, 5) is 0. The maximum Gasteiger partial charge on any atom is 0.0713 e. The predicted octanol–water partition coefficient (Wildman–Crippen LogP) is 2.18. The Balaban J connectivity index is 1.69. The average molecular weight is 273 g/mol. The highest BCUT2D eigenvalue weighted by Gasteiger charge is 2.38. The van der Waals surface area contributed by atoms with Crippen LogP contribution >= 0.6 is 11.8 Å². The predicted molar refractivity (Wildman–Crippen MR) is 77.2 cm³/mol. The number of ether oxygens (including phenoxy) is 1. The van der Waals surface area contributed by atoms with Gasteiger partial charge in [0.05, 0.1) is 11.7 Å². The van der Waals surface area contributed by atoms with Gasteiger partial charge in [-0.05, 0) is 63.5 Å². The van der Waals surface area contributed by atoms with Gasteiger partial charge in [0.1, 0.15) is 0 Å². The number of rotatable bonds is 5. The lowest BCUT2D eigenvalue weighted by Gasteiger charge is -2.43. The molecule has 2 heterocycles. The van der Waals surface area contributed by atoms with Gasteiger partial charge in [-0.1, -0.05) is 0 Å². The number of thioether (sulfide) groups is 1. The van der Waals surface area contributed by atoms with E-state index in [-0.39, 0.29) is 11.7 Å². The van der Waals surface area contributed by atoms with Crippen molar-refractivity contribution in [2.24, 2.45) is 0 Å². The molecule has 1 spiro atoms. The maximum atomic E-state index is 9.24. The molecule has 0 saturated carbocycles. The summed E-state index contributed by atoms with van der Waals surface area (Å²) in [5.74, 6) is 2.52. The van der Waals surface area contributed by atoms with Crippen molar-refractivity contribution >= 4 is 11.8 Å². The zero-order chi connectivity index (χ0) is 12.8. The first-order chi connectivity index (χ1) is 8.70. The summed E-state index contributed by atoms with van der Waals surface area (Å²) in [7, 11) is 0. The minimum absolute atomic E-state index is 0.164. The minimum atomic E-state index is -0.164. The van der Waals surface area contributed by atoms with E-state index in [9.17, 15) is 5.11 Å². The summed E-state index contributed by atoms with van der Waals surface area (Å²) < 4.78 is 6.09. The van der Waals surface area contributed by atoms with Crippen LogP contribution in [0.15, 0.2) is 0 Å². The molecule has 2 rings (SSSR count). The molecule has 2 N–H and O–H groups in total. The molecular formula is C14H27NO2S. The molecule has 3 nitrogen and oxygen atoms in total. The third-order valence-corrected chi connectivity index (χ3v) is 5.11. The van der Waals surface area contributed by atoms with Crippen LogP contribution in [0.2, 0.25) is 0 Å². The molecule has 0 amide bonds. The van der Waals surface area contributed by atoms with E-state index in [1.807, 2.05) is 6.92 Å². The number of hydrogen-bond acceptors (Lipinski definition) is 4. The Morgan fingerprint density at radius 2 is 2.22 bits per heavy atom. The van der Waals surface area contributed by atoms with Crippen molar-refractivity contribution in [1.82, 2.24) is 5.32 Å². The summed E-state index contributed by atoms with van der Waals surface area (Å²) in [5, 5.41) is 12.9. The van der Waals surface area contributed by atoms with Crippen LogP contribution < -0.4 is 5.32 Å². The normalized spacial score (nSPS) is 29.3. The molecular weight excluding hydrogens is 246 g/mol. The van der Waals surface area contributed by atoms with Crippen LogP contribution in [0, 0.1) is 0 Å². The molecule has 106 valence electrons. The molecule has 2 atom stereocenters. The van der Waals surface area contributed by atoms with Crippen molar-refractivity contribution in [2.45, 2.75) is 63.2 Å². The Kier molecular flexibility index (Phi) is 5.80. The van der Waals surface area contributed by atoms with Crippen LogP contribution in [0.3, 0.4) is 0 Å². The molecule has 2 saturated heterocycles. The molecule has 0 aromatic rings. The number of hydrogen-bond donors (Lipinski definition) is 2. The first kappa shape index (κ1) is 14.6. The molecule has 0 aromatic heterocycles. The average Bonchev–Trinajstić information content (AvgIpc) is 2.36. The largest absolute Gasteiger partial charge is 0.393 e. The van der Waals surface area contributed by atoms with Crippen LogP contribution in [-0.2, 0) is 4.74 Å². The Hall–Kier alpha value is 0.230. The van der Waals surface area contributed by atoms with Crippen molar-refractivity contribution in [3.63, 3.8) is 0 Å². The van der Waals surface area contributed by atoms with Gasteiger partial charge < -0.3 is 15.2 Å². The van der Waals surface area contributed by atoms with Gasteiger partial charge in [-0.25, -0.2) is 0 Å².